The van der Waals surface area contributed by atoms with Crippen LogP contribution in [0.4, 0.5) is 0 Å². The van der Waals surface area contributed by atoms with Crippen molar-refractivity contribution in [3.63, 3.8) is 0 Å². The average molecular weight is 289 g/mol. The summed E-state index contributed by atoms with van der Waals surface area (Å²) >= 11 is 0. The van der Waals surface area contributed by atoms with Crippen LogP contribution in [0, 0.1) is 0 Å². The lowest BCUT2D eigenvalue weighted by atomic mass is 10.1. The number of nitrogens with one attached hydrogen (secondary N) is 2. The molecule has 1 aliphatic heterocycles. The number of nitrogens with zero attached hydrogens (tertiary/aromatic N) is 1. The maximum Gasteiger partial charge on any atom is 0.0230 e. The highest BCUT2D eigenvalue weighted by molar-refractivity contribution is 5.14. The van der Waals surface area contributed by atoms with Crippen molar-refractivity contribution in [2.75, 3.05) is 26.7 Å². The molecule has 21 heavy (non-hydrogen) atoms. The van der Waals surface area contributed by atoms with Gasteiger partial charge in [-0.05, 0) is 64.9 Å². The molecule has 1 saturated heterocycles. The maximum absolute atomic E-state index is 3.66. The van der Waals surface area contributed by atoms with Gasteiger partial charge in [-0.2, -0.15) is 0 Å². The summed E-state index contributed by atoms with van der Waals surface area (Å²) in [7, 11) is 2.21. The van der Waals surface area contributed by atoms with Gasteiger partial charge in [0.1, 0.15) is 0 Å². The first-order valence-corrected chi connectivity index (χ1v) is 8.43. The largest absolute Gasteiger partial charge is 0.314 e. The van der Waals surface area contributed by atoms with Crippen molar-refractivity contribution in [3.05, 3.63) is 35.9 Å². The van der Waals surface area contributed by atoms with Crippen LogP contribution in [0.2, 0.25) is 0 Å². The summed E-state index contributed by atoms with van der Waals surface area (Å²) in [6, 6.07) is 12.1. The number of hydrogen-bond donors (Lipinski definition) is 2. The Bertz CT molecular complexity index is 373. The molecule has 0 saturated carbocycles. The molecule has 0 aromatic heterocycles. The third-order valence-corrected chi connectivity index (χ3v) is 4.31. The van der Waals surface area contributed by atoms with E-state index >= 15 is 0 Å². The van der Waals surface area contributed by atoms with Crippen LogP contribution < -0.4 is 10.6 Å². The zero-order chi connectivity index (χ0) is 14.9. The molecule has 1 aliphatic rings. The van der Waals surface area contributed by atoms with E-state index in [9.17, 15) is 0 Å². The van der Waals surface area contributed by atoms with Crippen molar-refractivity contribution >= 4 is 0 Å². The van der Waals surface area contributed by atoms with Crippen molar-refractivity contribution in [2.24, 2.45) is 0 Å². The topological polar surface area (TPSA) is 27.3 Å². The van der Waals surface area contributed by atoms with Crippen molar-refractivity contribution in [1.82, 2.24) is 15.5 Å². The molecular formula is C18H31N3. The van der Waals surface area contributed by atoms with Gasteiger partial charge in [-0.25, -0.2) is 0 Å². The van der Waals surface area contributed by atoms with Crippen LogP contribution in [0.25, 0.3) is 0 Å². The Labute approximate surface area is 130 Å². The summed E-state index contributed by atoms with van der Waals surface area (Å²) in [6.45, 7) is 6.83. The number of benzene rings is 1. The Morgan fingerprint density at radius 3 is 2.86 bits per heavy atom. The molecule has 1 aromatic carbocycles. The van der Waals surface area contributed by atoms with Crippen LogP contribution in [0.1, 0.15) is 38.2 Å². The summed E-state index contributed by atoms with van der Waals surface area (Å²) in [5.41, 5.74) is 1.40. The van der Waals surface area contributed by atoms with Gasteiger partial charge >= 0.3 is 0 Å². The molecule has 0 amide bonds. The van der Waals surface area contributed by atoms with Crippen LogP contribution in [0.15, 0.2) is 30.3 Å². The Morgan fingerprint density at radius 1 is 1.33 bits per heavy atom. The summed E-state index contributed by atoms with van der Waals surface area (Å²) in [5, 5.41) is 7.24. The lowest BCUT2D eigenvalue weighted by Gasteiger charge is -2.20. The Hall–Kier alpha value is -0.900. The SMILES string of the molecule is CC(CC1CCCN1)NCCCN(C)Cc1ccccc1. The molecule has 0 aliphatic carbocycles. The lowest BCUT2D eigenvalue weighted by Crippen LogP contribution is -2.35. The highest BCUT2D eigenvalue weighted by atomic mass is 15.1. The summed E-state index contributed by atoms with van der Waals surface area (Å²) in [4.78, 5) is 2.40. The lowest BCUT2D eigenvalue weighted by molar-refractivity contribution is 0.315. The van der Waals surface area contributed by atoms with E-state index in [0.717, 1.165) is 25.7 Å². The van der Waals surface area contributed by atoms with Gasteiger partial charge in [0.15, 0.2) is 0 Å². The van der Waals surface area contributed by atoms with Gasteiger partial charge in [0, 0.05) is 18.6 Å². The van der Waals surface area contributed by atoms with Gasteiger partial charge in [-0.3, -0.25) is 0 Å². The maximum atomic E-state index is 3.66. The Balaban J connectivity index is 1.52. The van der Waals surface area contributed by atoms with E-state index in [4.69, 9.17) is 0 Å². The van der Waals surface area contributed by atoms with E-state index in [2.05, 4.69) is 59.8 Å². The van der Waals surface area contributed by atoms with Crippen molar-refractivity contribution < 1.29 is 0 Å². The highest BCUT2D eigenvalue weighted by Crippen LogP contribution is 2.10. The first-order valence-electron chi connectivity index (χ1n) is 8.43. The van der Waals surface area contributed by atoms with Crippen molar-refractivity contribution in [2.45, 2.75) is 51.2 Å². The Kier molecular flexibility index (Phi) is 7.20. The zero-order valence-electron chi connectivity index (χ0n) is 13.6. The van der Waals surface area contributed by atoms with E-state index in [1.54, 1.807) is 0 Å². The molecule has 2 N–H and O–H groups in total. The second-order valence-electron chi connectivity index (χ2n) is 6.46. The third kappa shape index (κ3) is 6.60. The van der Waals surface area contributed by atoms with Crippen LogP contribution in [-0.2, 0) is 6.54 Å². The summed E-state index contributed by atoms with van der Waals surface area (Å²) in [5.74, 6) is 0. The first kappa shape index (κ1) is 16.5. The van der Waals surface area contributed by atoms with Gasteiger partial charge in [0.25, 0.3) is 0 Å². The van der Waals surface area contributed by atoms with Crippen LogP contribution in [-0.4, -0.2) is 43.7 Å². The molecule has 0 bridgehead atoms. The molecule has 2 unspecified atom stereocenters. The number of hydrogen-bond acceptors (Lipinski definition) is 3. The average Bonchev–Trinajstić information content (AvgIpc) is 2.97. The van der Waals surface area contributed by atoms with Crippen LogP contribution in [0.3, 0.4) is 0 Å². The van der Waals surface area contributed by atoms with Crippen LogP contribution in [0.5, 0.6) is 0 Å². The van der Waals surface area contributed by atoms with Gasteiger partial charge in [-0.15, -0.1) is 0 Å². The molecule has 2 rings (SSSR count). The minimum absolute atomic E-state index is 0.625. The van der Waals surface area contributed by atoms with E-state index in [-0.39, 0.29) is 0 Å². The quantitative estimate of drug-likeness (QED) is 0.684. The highest BCUT2D eigenvalue weighted by Gasteiger charge is 2.16. The molecule has 2 atom stereocenters. The third-order valence-electron chi connectivity index (χ3n) is 4.31. The van der Waals surface area contributed by atoms with E-state index in [0.29, 0.717) is 6.04 Å². The molecule has 1 heterocycles. The normalized spacial score (nSPS) is 20.0. The van der Waals surface area contributed by atoms with Crippen LogP contribution >= 0.6 is 0 Å². The van der Waals surface area contributed by atoms with Crippen molar-refractivity contribution in [3.8, 4) is 0 Å². The standard InChI is InChI=1S/C18H31N3/c1-16(14-18-10-6-11-20-18)19-12-7-13-21(2)15-17-8-4-3-5-9-17/h3-5,8-9,16,18-20H,6-7,10-15H2,1-2H3. The van der Waals surface area contributed by atoms with Gasteiger partial charge < -0.3 is 15.5 Å². The smallest absolute Gasteiger partial charge is 0.0230 e. The Morgan fingerprint density at radius 2 is 2.14 bits per heavy atom. The molecule has 3 nitrogen and oxygen atoms in total. The first-order chi connectivity index (χ1) is 10.2. The van der Waals surface area contributed by atoms with Gasteiger partial charge in [-0.1, -0.05) is 30.3 Å². The molecule has 0 spiro atoms. The molecule has 1 fully saturated rings. The van der Waals surface area contributed by atoms with Gasteiger partial charge in [0.05, 0.1) is 0 Å². The summed E-state index contributed by atoms with van der Waals surface area (Å²) < 4.78 is 0. The van der Waals surface area contributed by atoms with E-state index in [1.165, 1.54) is 37.8 Å². The molecule has 118 valence electrons. The zero-order valence-corrected chi connectivity index (χ0v) is 13.6. The van der Waals surface area contributed by atoms with Gasteiger partial charge in [0.2, 0.25) is 0 Å². The molecule has 0 radical (unpaired) electrons. The van der Waals surface area contributed by atoms with E-state index in [1.807, 2.05) is 0 Å². The fourth-order valence-electron chi connectivity index (χ4n) is 3.14. The predicted molar refractivity (Wildman–Crippen MR) is 90.5 cm³/mol. The second-order valence-corrected chi connectivity index (χ2v) is 6.46. The fourth-order valence-corrected chi connectivity index (χ4v) is 3.14. The monoisotopic (exact) mass is 289 g/mol. The molecule has 1 aromatic rings. The van der Waals surface area contributed by atoms with E-state index < -0.39 is 0 Å². The minimum Gasteiger partial charge on any atom is -0.314 e. The molecular weight excluding hydrogens is 258 g/mol. The predicted octanol–water partition coefficient (Wildman–Crippen LogP) is 2.63. The molecule has 3 heteroatoms. The second kappa shape index (κ2) is 9.19. The fraction of sp³-hybridized carbons (Fsp3) is 0.667. The van der Waals surface area contributed by atoms with Crippen molar-refractivity contribution in [1.29, 1.82) is 0 Å². The summed E-state index contributed by atoms with van der Waals surface area (Å²) in [6.07, 6.45) is 5.18. The number of rotatable bonds is 9. The minimum atomic E-state index is 0.625.